The Morgan fingerprint density at radius 1 is 1.44 bits per heavy atom. The summed E-state index contributed by atoms with van der Waals surface area (Å²) in [7, 11) is 0. The van der Waals surface area contributed by atoms with E-state index < -0.39 is 30.6 Å². The topological polar surface area (TPSA) is 41.1 Å². The summed E-state index contributed by atoms with van der Waals surface area (Å²) in [5.74, 6) is 1.80. The highest BCUT2D eigenvalue weighted by Crippen LogP contribution is 2.21. The molecule has 2 unspecified atom stereocenters. The van der Waals surface area contributed by atoms with Gasteiger partial charge in [-0.3, -0.25) is 4.79 Å². The van der Waals surface area contributed by atoms with Crippen molar-refractivity contribution < 1.29 is 18.0 Å². The molecule has 92 valence electrons. The van der Waals surface area contributed by atoms with E-state index in [4.69, 9.17) is 6.42 Å². The summed E-state index contributed by atoms with van der Waals surface area (Å²) in [6.45, 7) is 2.93. The molecule has 0 radical (unpaired) electrons. The van der Waals surface area contributed by atoms with Gasteiger partial charge in [-0.1, -0.05) is 5.92 Å². The fraction of sp³-hybridized carbons (Fsp3) is 0.700. The van der Waals surface area contributed by atoms with Crippen molar-refractivity contribution in [2.45, 2.75) is 38.5 Å². The average molecular weight is 236 g/mol. The SMILES string of the molecule is C#CCNC(=O)C(C)NC(C)CC(F)(F)F. The van der Waals surface area contributed by atoms with Crippen molar-refractivity contribution in [3.05, 3.63) is 0 Å². The number of amides is 1. The van der Waals surface area contributed by atoms with E-state index in [1.807, 2.05) is 0 Å². The Morgan fingerprint density at radius 3 is 2.44 bits per heavy atom. The average Bonchev–Trinajstić information content (AvgIpc) is 2.10. The lowest BCUT2D eigenvalue weighted by molar-refractivity contribution is -0.140. The van der Waals surface area contributed by atoms with Crippen molar-refractivity contribution in [3.63, 3.8) is 0 Å². The molecule has 0 bridgehead atoms. The quantitative estimate of drug-likeness (QED) is 0.701. The molecular weight excluding hydrogens is 221 g/mol. The predicted molar refractivity (Wildman–Crippen MR) is 54.6 cm³/mol. The number of halogens is 3. The highest BCUT2D eigenvalue weighted by atomic mass is 19.4. The van der Waals surface area contributed by atoms with E-state index in [0.29, 0.717) is 0 Å². The minimum atomic E-state index is -4.23. The Labute approximate surface area is 92.8 Å². The van der Waals surface area contributed by atoms with Crippen molar-refractivity contribution >= 4 is 5.91 Å². The van der Waals surface area contributed by atoms with Crippen LogP contribution in [-0.2, 0) is 4.79 Å². The number of carbonyl (C=O) groups is 1. The van der Waals surface area contributed by atoms with Gasteiger partial charge in [0, 0.05) is 6.04 Å². The molecular formula is C10H15F3N2O. The van der Waals surface area contributed by atoms with Crippen LogP contribution in [0.4, 0.5) is 13.2 Å². The molecule has 1 amide bonds. The summed E-state index contributed by atoms with van der Waals surface area (Å²) in [5.41, 5.74) is 0. The first kappa shape index (κ1) is 14.8. The zero-order valence-corrected chi connectivity index (χ0v) is 9.19. The van der Waals surface area contributed by atoms with Gasteiger partial charge in [0.05, 0.1) is 19.0 Å². The van der Waals surface area contributed by atoms with Gasteiger partial charge in [-0.05, 0) is 13.8 Å². The third-order valence-corrected chi connectivity index (χ3v) is 1.83. The van der Waals surface area contributed by atoms with Crippen LogP contribution in [-0.4, -0.2) is 30.7 Å². The summed E-state index contributed by atoms with van der Waals surface area (Å²) in [5, 5.41) is 4.93. The Kier molecular flexibility index (Phi) is 5.89. The molecule has 2 N–H and O–H groups in total. The predicted octanol–water partition coefficient (Wildman–Crippen LogP) is 1.05. The number of carbonyl (C=O) groups excluding carboxylic acids is 1. The van der Waals surface area contributed by atoms with Gasteiger partial charge in [0.2, 0.25) is 5.91 Å². The van der Waals surface area contributed by atoms with Gasteiger partial charge >= 0.3 is 6.18 Å². The largest absolute Gasteiger partial charge is 0.390 e. The number of alkyl halides is 3. The van der Waals surface area contributed by atoms with Gasteiger partial charge in [-0.2, -0.15) is 13.2 Å². The maximum absolute atomic E-state index is 12.0. The third-order valence-electron chi connectivity index (χ3n) is 1.83. The third kappa shape index (κ3) is 7.12. The zero-order valence-electron chi connectivity index (χ0n) is 9.19. The molecule has 0 heterocycles. The van der Waals surface area contributed by atoms with Crippen molar-refractivity contribution in [1.82, 2.24) is 10.6 Å². The van der Waals surface area contributed by atoms with Gasteiger partial charge in [0.15, 0.2) is 0 Å². The number of nitrogens with one attached hydrogen (secondary N) is 2. The molecule has 16 heavy (non-hydrogen) atoms. The molecule has 0 saturated heterocycles. The van der Waals surface area contributed by atoms with Crippen molar-refractivity contribution in [2.24, 2.45) is 0 Å². The lowest BCUT2D eigenvalue weighted by Gasteiger charge is -2.20. The molecule has 0 fully saturated rings. The lowest BCUT2D eigenvalue weighted by atomic mass is 10.2. The van der Waals surface area contributed by atoms with E-state index >= 15 is 0 Å². The highest BCUT2D eigenvalue weighted by molar-refractivity contribution is 5.81. The summed E-state index contributed by atoms with van der Waals surface area (Å²) in [4.78, 5) is 11.3. The molecule has 0 aromatic rings. The van der Waals surface area contributed by atoms with Gasteiger partial charge in [0.1, 0.15) is 0 Å². The molecule has 6 heteroatoms. The van der Waals surface area contributed by atoms with Crippen molar-refractivity contribution in [3.8, 4) is 12.3 Å². The van der Waals surface area contributed by atoms with Gasteiger partial charge in [0.25, 0.3) is 0 Å². The van der Waals surface area contributed by atoms with Crippen molar-refractivity contribution in [1.29, 1.82) is 0 Å². The monoisotopic (exact) mass is 236 g/mol. The van der Waals surface area contributed by atoms with Crippen molar-refractivity contribution in [2.75, 3.05) is 6.54 Å². The maximum atomic E-state index is 12.0. The molecule has 0 aliphatic rings. The van der Waals surface area contributed by atoms with E-state index in [-0.39, 0.29) is 6.54 Å². The molecule has 0 spiro atoms. The van der Waals surface area contributed by atoms with E-state index in [1.54, 1.807) is 0 Å². The van der Waals surface area contributed by atoms with Gasteiger partial charge in [-0.15, -0.1) is 6.42 Å². The number of terminal acetylenes is 1. The second-order valence-electron chi connectivity index (χ2n) is 3.53. The van der Waals surface area contributed by atoms with Gasteiger partial charge < -0.3 is 10.6 Å². The first-order valence-corrected chi connectivity index (χ1v) is 4.80. The minimum absolute atomic E-state index is 0.0680. The van der Waals surface area contributed by atoms with Crippen LogP contribution >= 0.6 is 0 Å². The molecule has 0 aliphatic heterocycles. The second-order valence-corrected chi connectivity index (χ2v) is 3.53. The van der Waals surface area contributed by atoms with Crippen LogP contribution in [0.1, 0.15) is 20.3 Å². The lowest BCUT2D eigenvalue weighted by Crippen LogP contribution is -2.46. The number of rotatable bonds is 5. The number of hydrogen-bond donors (Lipinski definition) is 2. The summed E-state index contributed by atoms with van der Waals surface area (Å²) in [6.07, 6.45) is -0.280. The maximum Gasteiger partial charge on any atom is 0.390 e. The Balaban J connectivity index is 4.00. The van der Waals surface area contributed by atoms with Gasteiger partial charge in [-0.25, -0.2) is 0 Å². The molecule has 0 saturated carbocycles. The van der Waals surface area contributed by atoms with Crippen LogP contribution in [0.15, 0.2) is 0 Å². The molecule has 0 aliphatic carbocycles. The molecule has 0 rings (SSSR count). The van der Waals surface area contributed by atoms with E-state index in [0.717, 1.165) is 0 Å². The standard InChI is InChI=1S/C10H15F3N2O/c1-4-5-14-9(16)8(3)15-7(2)6-10(11,12)13/h1,7-8,15H,5-6H2,2-3H3,(H,14,16). The normalized spacial score (nSPS) is 15.0. The molecule has 0 aromatic heterocycles. The van der Waals surface area contributed by atoms with E-state index in [2.05, 4.69) is 16.6 Å². The second kappa shape index (κ2) is 6.38. The van der Waals surface area contributed by atoms with Crippen LogP contribution < -0.4 is 10.6 Å². The Hall–Kier alpha value is -1.22. The summed E-state index contributed by atoms with van der Waals surface area (Å²) in [6, 6.07) is -1.52. The van der Waals surface area contributed by atoms with Crippen LogP contribution in [0.25, 0.3) is 0 Å². The number of hydrogen-bond acceptors (Lipinski definition) is 2. The first-order chi connectivity index (χ1) is 7.26. The van der Waals surface area contributed by atoms with Crippen LogP contribution in [0.2, 0.25) is 0 Å². The summed E-state index contributed by atoms with van der Waals surface area (Å²) < 4.78 is 36.0. The van der Waals surface area contributed by atoms with Crippen LogP contribution in [0, 0.1) is 12.3 Å². The fourth-order valence-corrected chi connectivity index (χ4v) is 1.20. The molecule has 3 nitrogen and oxygen atoms in total. The zero-order chi connectivity index (χ0) is 12.8. The first-order valence-electron chi connectivity index (χ1n) is 4.80. The Morgan fingerprint density at radius 2 is 2.00 bits per heavy atom. The summed E-state index contributed by atoms with van der Waals surface area (Å²) >= 11 is 0. The van der Waals surface area contributed by atoms with Crippen LogP contribution in [0.3, 0.4) is 0 Å². The van der Waals surface area contributed by atoms with E-state index in [1.165, 1.54) is 13.8 Å². The highest BCUT2D eigenvalue weighted by Gasteiger charge is 2.30. The fourth-order valence-electron chi connectivity index (χ4n) is 1.20. The smallest absolute Gasteiger partial charge is 0.344 e. The van der Waals surface area contributed by atoms with E-state index in [9.17, 15) is 18.0 Å². The Bertz CT molecular complexity index is 270. The minimum Gasteiger partial charge on any atom is -0.344 e. The van der Waals surface area contributed by atoms with Crippen LogP contribution in [0.5, 0.6) is 0 Å². The molecule has 2 atom stereocenters. The molecule has 0 aromatic carbocycles.